The van der Waals surface area contributed by atoms with Crippen LogP contribution in [0, 0.1) is 0 Å². The highest BCUT2D eigenvalue weighted by atomic mass is 16.6. The molecule has 0 saturated carbocycles. The normalized spacial score (nSPS) is 13.9. The molecule has 4 rings (SSSR count). The molecule has 0 fully saturated rings. The molecule has 0 unspecified atom stereocenters. The van der Waals surface area contributed by atoms with Gasteiger partial charge in [-0.05, 0) is 56.2 Å². The molecule has 1 heterocycles. The second-order valence-electron chi connectivity index (χ2n) is 9.14. The molecule has 0 aliphatic carbocycles. The van der Waals surface area contributed by atoms with Crippen LogP contribution in [0.25, 0.3) is 11.3 Å². The van der Waals surface area contributed by atoms with E-state index in [9.17, 15) is 14.4 Å². The fourth-order valence-corrected chi connectivity index (χ4v) is 3.97. The molecular weight excluding hydrogens is 470 g/mol. The van der Waals surface area contributed by atoms with E-state index in [1.807, 2.05) is 68.4 Å². The van der Waals surface area contributed by atoms with Crippen molar-refractivity contribution in [2.75, 3.05) is 23.8 Å². The molecule has 0 atom stereocenters. The van der Waals surface area contributed by atoms with E-state index in [4.69, 9.17) is 15.2 Å². The highest BCUT2D eigenvalue weighted by Crippen LogP contribution is 2.38. The number of benzene rings is 3. The summed E-state index contributed by atoms with van der Waals surface area (Å²) in [5, 5.41) is 6.24. The first-order valence-corrected chi connectivity index (χ1v) is 11.9. The Balaban J connectivity index is 1.69. The van der Waals surface area contributed by atoms with Crippen LogP contribution in [0.3, 0.4) is 0 Å². The number of hydrogen-bond acceptors (Lipinski definition) is 7. The van der Waals surface area contributed by atoms with Crippen molar-refractivity contribution < 1.29 is 23.9 Å². The van der Waals surface area contributed by atoms with Gasteiger partial charge in [-0.3, -0.25) is 4.79 Å². The van der Waals surface area contributed by atoms with Crippen molar-refractivity contribution in [3.8, 4) is 0 Å². The predicted molar refractivity (Wildman–Crippen MR) is 143 cm³/mol. The third kappa shape index (κ3) is 5.87. The summed E-state index contributed by atoms with van der Waals surface area (Å²) < 4.78 is 9.80. The Morgan fingerprint density at radius 3 is 2.30 bits per heavy atom. The van der Waals surface area contributed by atoms with Crippen LogP contribution in [-0.2, 0) is 24.6 Å². The number of carbonyl (C=O) groups excluding carboxylic acids is 3. The van der Waals surface area contributed by atoms with Crippen molar-refractivity contribution in [1.29, 1.82) is 0 Å². The van der Waals surface area contributed by atoms with Gasteiger partial charge in [-0.15, -0.1) is 0 Å². The van der Waals surface area contributed by atoms with E-state index in [1.165, 1.54) is 6.07 Å². The first-order valence-electron chi connectivity index (χ1n) is 11.9. The number of amides is 1. The molecule has 3 aromatic carbocycles. The number of nitrogens with one attached hydrogen (secondary N) is 2. The third-order valence-electron chi connectivity index (χ3n) is 5.84. The van der Waals surface area contributed by atoms with Crippen molar-refractivity contribution in [1.82, 2.24) is 0 Å². The number of nitrogens with two attached hydrogens (primary N) is 1. The first-order chi connectivity index (χ1) is 17.7. The minimum absolute atomic E-state index is 0.198. The Kier molecular flexibility index (Phi) is 7.40. The van der Waals surface area contributed by atoms with Crippen molar-refractivity contribution >= 4 is 40.5 Å². The lowest BCUT2D eigenvalue weighted by Gasteiger charge is -2.20. The molecule has 0 radical (unpaired) electrons. The molecule has 0 bridgehead atoms. The SMILES string of the molecule is CCOC(=O)COC(=O)c1ccc2c(c1)NC(=O)/C2=C(\Nc1ccc(C(C)(C)N)cc1)c1ccccc1. The first kappa shape index (κ1) is 25.7. The van der Waals surface area contributed by atoms with Crippen molar-refractivity contribution in [2.24, 2.45) is 5.73 Å². The van der Waals surface area contributed by atoms with Gasteiger partial charge in [-0.1, -0.05) is 48.5 Å². The highest BCUT2D eigenvalue weighted by Gasteiger charge is 2.29. The quantitative estimate of drug-likeness (QED) is 0.308. The summed E-state index contributed by atoms with van der Waals surface area (Å²) in [6.45, 7) is 5.26. The standard InChI is InChI=1S/C29H29N3O5/c1-4-36-24(33)17-37-28(35)19-10-15-22-23(16-19)32-27(34)25(22)26(18-8-6-5-7-9-18)31-21-13-11-20(12-14-21)29(2,3)30/h5-16,31H,4,17,30H2,1-3H3,(H,32,34)/b26-25-. The third-order valence-corrected chi connectivity index (χ3v) is 5.84. The minimum atomic E-state index is -0.688. The van der Waals surface area contributed by atoms with Crippen LogP contribution in [0.2, 0.25) is 0 Å². The maximum Gasteiger partial charge on any atom is 0.344 e. The Hall–Kier alpha value is -4.43. The van der Waals surface area contributed by atoms with Crippen molar-refractivity contribution in [2.45, 2.75) is 26.3 Å². The Morgan fingerprint density at radius 2 is 1.65 bits per heavy atom. The lowest BCUT2D eigenvalue weighted by Crippen LogP contribution is -2.28. The Morgan fingerprint density at radius 1 is 0.946 bits per heavy atom. The van der Waals surface area contributed by atoms with Gasteiger partial charge in [0.1, 0.15) is 0 Å². The van der Waals surface area contributed by atoms with Crippen LogP contribution in [0.1, 0.15) is 47.8 Å². The molecule has 4 N–H and O–H groups in total. The average molecular weight is 500 g/mol. The van der Waals surface area contributed by atoms with Gasteiger partial charge in [0.2, 0.25) is 0 Å². The summed E-state index contributed by atoms with van der Waals surface area (Å²) >= 11 is 0. The summed E-state index contributed by atoms with van der Waals surface area (Å²) in [4.78, 5) is 37.1. The van der Waals surface area contributed by atoms with Crippen LogP contribution in [0.15, 0.2) is 72.8 Å². The van der Waals surface area contributed by atoms with Crippen molar-refractivity contribution in [3.05, 3.63) is 95.1 Å². The Labute approximate surface area is 215 Å². The van der Waals surface area contributed by atoms with Crippen LogP contribution >= 0.6 is 0 Å². The molecular formula is C29H29N3O5. The summed E-state index contributed by atoms with van der Waals surface area (Å²) in [6, 6.07) is 22.1. The second kappa shape index (κ2) is 10.7. The molecule has 1 aliphatic heterocycles. The monoisotopic (exact) mass is 499 g/mol. The molecule has 37 heavy (non-hydrogen) atoms. The number of esters is 2. The molecule has 8 heteroatoms. The fraction of sp³-hybridized carbons (Fsp3) is 0.207. The number of ether oxygens (including phenoxy) is 2. The molecule has 190 valence electrons. The van der Waals surface area contributed by atoms with Crippen LogP contribution in [0.5, 0.6) is 0 Å². The van der Waals surface area contributed by atoms with E-state index in [0.29, 0.717) is 22.5 Å². The smallest absolute Gasteiger partial charge is 0.344 e. The zero-order valence-electron chi connectivity index (χ0n) is 21.0. The Bertz CT molecular complexity index is 1360. The van der Waals surface area contributed by atoms with E-state index < -0.39 is 24.1 Å². The predicted octanol–water partition coefficient (Wildman–Crippen LogP) is 4.53. The molecule has 0 spiro atoms. The number of anilines is 2. The van der Waals surface area contributed by atoms with Gasteiger partial charge in [-0.25, -0.2) is 9.59 Å². The lowest BCUT2D eigenvalue weighted by atomic mass is 9.95. The summed E-state index contributed by atoms with van der Waals surface area (Å²) in [7, 11) is 0. The van der Waals surface area contributed by atoms with Gasteiger partial charge in [0.15, 0.2) is 6.61 Å². The van der Waals surface area contributed by atoms with E-state index in [2.05, 4.69) is 10.6 Å². The fourth-order valence-electron chi connectivity index (χ4n) is 3.97. The zero-order chi connectivity index (χ0) is 26.6. The summed E-state index contributed by atoms with van der Waals surface area (Å²) in [6.07, 6.45) is 0. The number of rotatable bonds is 8. The number of hydrogen-bond donors (Lipinski definition) is 3. The van der Waals surface area contributed by atoms with Crippen molar-refractivity contribution in [3.63, 3.8) is 0 Å². The second-order valence-corrected chi connectivity index (χ2v) is 9.14. The largest absolute Gasteiger partial charge is 0.463 e. The molecule has 1 amide bonds. The molecule has 1 aliphatic rings. The van der Waals surface area contributed by atoms with Gasteiger partial charge in [0.05, 0.1) is 29.1 Å². The van der Waals surface area contributed by atoms with Gasteiger partial charge in [0.25, 0.3) is 5.91 Å². The molecule has 0 aromatic heterocycles. The van der Waals surface area contributed by atoms with E-state index in [-0.39, 0.29) is 18.1 Å². The van der Waals surface area contributed by atoms with Crippen LogP contribution in [-0.4, -0.2) is 31.1 Å². The van der Waals surface area contributed by atoms with Gasteiger partial charge in [-0.2, -0.15) is 0 Å². The van der Waals surface area contributed by atoms with Crippen LogP contribution < -0.4 is 16.4 Å². The average Bonchev–Trinajstić information content (AvgIpc) is 3.21. The van der Waals surface area contributed by atoms with E-state index >= 15 is 0 Å². The van der Waals surface area contributed by atoms with E-state index in [1.54, 1.807) is 19.1 Å². The maximum absolute atomic E-state index is 13.2. The maximum atomic E-state index is 13.2. The van der Waals surface area contributed by atoms with E-state index in [0.717, 1.165) is 16.8 Å². The molecule has 3 aromatic rings. The lowest BCUT2D eigenvalue weighted by molar-refractivity contribution is -0.146. The topological polar surface area (TPSA) is 120 Å². The number of fused-ring (bicyclic) bond motifs is 1. The van der Waals surface area contributed by atoms with Crippen LogP contribution in [0.4, 0.5) is 11.4 Å². The zero-order valence-corrected chi connectivity index (χ0v) is 21.0. The highest BCUT2D eigenvalue weighted by molar-refractivity contribution is 6.37. The summed E-state index contributed by atoms with van der Waals surface area (Å²) in [5.74, 6) is -1.62. The van der Waals surface area contributed by atoms with Gasteiger partial charge < -0.3 is 25.8 Å². The molecule has 8 nitrogen and oxygen atoms in total. The van der Waals surface area contributed by atoms with Gasteiger partial charge in [0, 0.05) is 16.8 Å². The van der Waals surface area contributed by atoms with Gasteiger partial charge >= 0.3 is 11.9 Å². The minimum Gasteiger partial charge on any atom is -0.463 e. The molecule has 0 saturated heterocycles. The number of carbonyl (C=O) groups is 3. The summed E-state index contributed by atoms with van der Waals surface area (Å²) in [5.41, 5.74) is 10.7.